The van der Waals surface area contributed by atoms with Gasteiger partial charge in [-0.2, -0.15) is 0 Å². The van der Waals surface area contributed by atoms with Crippen LogP contribution in [0.3, 0.4) is 0 Å². The first-order chi connectivity index (χ1) is 7.39. The molecule has 1 N–H and O–H groups in total. The Balaban J connectivity index is 2.76. The van der Waals surface area contributed by atoms with Gasteiger partial charge in [0.15, 0.2) is 0 Å². The van der Waals surface area contributed by atoms with Crippen molar-refractivity contribution in [1.82, 2.24) is 0 Å². The van der Waals surface area contributed by atoms with E-state index in [0.717, 1.165) is 0 Å². The molecule has 0 aliphatic heterocycles. The Labute approximate surface area is 92.4 Å². The number of methoxy groups -OCH3 is 1. The van der Waals surface area contributed by atoms with Crippen LogP contribution in [0.4, 0.5) is 0 Å². The number of ether oxygens (including phenoxy) is 1. The number of aliphatic carboxylic acids is 1. The highest BCUT2D eigenvalue weighted by Crippen LogP contribution is 2.38. The molecule has 7 heteroatoms. The predicted molar refractivity (Wildman–Crippen MR) is 52.3 cm³/mol. The van der Waals surface area contributed by atoms with Crippen molar-refractivity contribution in [3.8, 4) is 0 Å². The predicted octanol–water partition coefficient (Wildman–Crippen LogP) is 0.853. The van der Waals surface area contributed by atoms with E-state index in [0.29, 0.717) is 12.8 Å². The average Bonchev–Trinajstić information content (AvgIpc) is 2.17. The van der Waals surface area contributed by atoms with E-state index in [2.05, 4.69) is 4.84 Å². The van der Waals surface area contributed by atoms with E-state index in [9.17, 15) is 14.9 Å². The van der Waals surface area contributed by atoms with Crippen molar-refractivity contribution in [1.29, 1.82) is 0 Å². The molecule has 0 spiro atoms. The van der Waals surface area contributed by atoms with Crippen molar-refractivity contribution in [2.24, 2.45) is 5.41 Å². The summed E-state index contributed by atoms with van der Waals surface area (Å²) in [4.78, 5) is 25.8. The second kappa shape index (κ2) is 4.65. The molecule has 0 aromatic heterocycles. The van der Waals surface area contributed by atoms with Crippen LogP contribution in [-0.4, -0.2) is 35.5 Å². The fraction of sp³-hybridized carbons (Fsp3) is 0.889. The molecule has 92 valence electrons. The van der Waals surface area contributed by atoms with Gasteiger partial charge in [0, 0.05) is 7.11 Å². The van der Waals surface area contributed by atoms with Gasteiger partial charge in [0.05, 0.1) is 11.5 Å². The van der Waals surface area contributed by atoms with Crippen LogP contribution in [0.2, 0.25) is 0 Å². The van der Waals surface area contributed by atoms with Crippen LogP contribution in [0.25, 0.3) is 0 Å². The SMILES string of the molecule is CO[C@H]1CC[C@@](C)(C(=O)O)C[C@@H]1O[N+](=O)[O-]. The lowest BCUT2D eigenvalue weighted by Crippen LogP contribution is -2.45. The van der Waals surface area contributed by atoms with E-state index < -0.39 is 28.7 Å². The number of hydrogen-bond acceptors (Lipinski definition) is 5. The molecule has 16 heavy (non-hydrogen) atoms. The number of rotatable bonds is 4. The van der Waals surface area contributed by atoms with E-state index in [-0.39, 0.29) is 6.42 Å². The maximum absolute atomic E-state index is 11.0. The second-order valence-electron chi connectivity index (χ2n) is 4.25. The van der Waals surface area contributed by atoms with Gasteiger partial charge in [0.25, 0.3) is 5.09 Å². The first-order valence-electron chi connectivity index (χ1n) is 4.96. The lowest BCUT2D eigenvalue weighted by atomic mass is 9.73. The Morgan fingerprint density at radius 1 is 1.56 bits per heavy atom. The summed E-state index contributed by atoms with van der Waals surface area (Å²) in [5, 5.41) is 18.4. The Hall–Kier alpha value is -1.37. The summed E-state index contributed by atoms with van der Waals surface area (Å²) in [6.45, 7) is 1.57. The molecule has 1 aliphatic carbocycles. The van der Waals surface area contributed by atoms with Crippen LogP contribution in [0.5, 0.6) is 0 Å². The molecule has 1 rings (SSSR count). The molecule has 0 saturated heterocycles. The van der Waals surface area contributed by atoms with Crippen molar-refractivity contribution in [3.05, 3.63) is 10.1 Å². The van der Waals surface area contributed by atoms with Gasteiger partial charge in [-0.1, -0.05) is 0 Å². The number of carboxylic acid groups (broad SMARTS) is 1. The third kappa shape index (κ3) is 2.60. The minimum absolute atomic E-state index is 0.0851. The molecule has 1 fully saturated rings. The van der Waals surface area contributed by atoms with Crippen LogP contribution >= 0.6 is 0 Å². The summed E-state index contributed by atoms with van der Waals surface area (Å²) in [7, 11) is 1.43. The van der Waals surface area contributed by atoms with E-state index in [1.807, 2.05) is 0 Å². The van der Waals surface area contributed by atoms with E-state index >= 15 is 0 Å². The van der Waals surface area contributed by atoms with Gasteiger partial charge < -0.3 is 14.7 Å². The summed E-state index contributed by atoms with van der Waals surface area (Å²) in [6.07, 6.45) is -0.273. The summed E-state index contributed by atoms with van der Waals surface area (Å²) >= 11 is 0. The lowest BCUT2D eigenvalue weighted by Gasteiger charge is -2.37. The number of hydrogen-bond donors (Lipinski definition) is 1. The highest BCUT2D eigenvalue weighted by molar-refractivity contribution is 5.74. The van der Waals surface area contributed by atoms with Crippen LogP contribution in [0.15, 0.2) is 0 Å². The van der Waals surface area contributed by atoms with Crippen molar-refractivity contribution in [2.45, 2.75) is 38.4 Å². The topological polar surface area (TPSA) is 98.9 Å². The summed E-state index contributed by atoms with van der Waals surface area (Å²) in [5.41, 5.74) is -0.976. The number of nitrogens with zero attached hydrogens (tertiary/aromatic N) is 1. The summed E-state index contributed by atoms with van der Waals surface area (Å²) < 4.78 is 5.06. The highest BCUT2D eigenvalue weighted by atomic mass is 17.0. The minimum Gasteiger partial charge on any atom is -0.481 e. The first kappa shape index (κ1) is 12.7. The summed E-state index contributed by atoms with van der Waals surface area (Å²) in [6, 6.07) is 0. The molecule has 3 atom stereocenters. The van der Waals surface area contributed by atoms with Crippen molar-refractivity contribution >= 4 is 5.97 Å². The largest absolute Gasteiger partial charge is 0.481 e. The minimum atomic E-state index is -0.976. The quantitative estimate of drug-likeness (QED) is 0.571. The molecular weight excluding hydrogens is 218 g/mol. The third-order valence-electron chi connectivity index (χ3n) is 3.09. The molecular formula is C9H15NO6. The monoisotopic (exact) mass is 233 g/mol. The van der Waals surface area contributed by atoms with Gasteiger partial charge in [0.2, 0.25) is 0 Å². The maximum atomic E-state index is 11.0. The Bertz CT molecular complexity index is 294. The van der Waals surface area contributed by atoms with E-state index in [1.165, 1.54) is 7.11 Å². The van der Waals surface area contributed by atoms with Gasteiger partial charge in [0.1, 0.15) is 6.10 Å². The van der Waals surface area contributed by atoms with Gasteiger partial charge in [-0.15, -0.1) is 10.1 Å². The zero-order chi connectivity index (χ0) is 12.3. The van der Waals surface area contributed by atoms with Gasteiger partial charge in [-0.25, -0.2) is 0 Å². The number of carboxylic acids is 1. The fourth-order valence-electron chi connectivity index (χ4n) is 2.00. The smallest absolute Gasteiger partial charge is 0.309 e. The van der Waals surface area contributed by atoms with Gasteiger partial charge in [-0.05, 0) is 26.2 Å². The number of carbonyl (C=O) groups is 1. The molecule has 7 nitrogen and oxygen atoms in total. The normalized spacial score (nSPS) is 34.4. The molecule has 0 heterocycles. The summed E-state index contributed by atoms with van der Waals surface area (Å²) in [5.74, 6) is -0.959. The standard InChI is InChI=1S/C9H15NO6/c1-9(8(11)12)4-3-6(15-2)7(5-9)16-10(13)14/h6-7H,3-5H2,1-2H3,(H,11,12)/t6-,7-,9+/m0/s1. The maximum Gasteiger partial charge on any atom is 0.309 e. The van der Waals surface area contributed by atoms with Crippen LogP contribution in [-0.2, 0) is 14.4 Å². The molecule has 0 aromatic rings. The van der Waals surface area contributed by atoms with Crippen molar-refractivity contribution < 1.29 is 24.6 Å². The molecule has 0 amide bonds. The molecule has 0 bridgehead atoms. The van der Waals surface area contributed by atoms with Gasteiger partial charge >= 0.3 is 5.97 Å². The van der Waals surface area contributed by atoms with Crippen molar-refractivity contribution in [2.75, 3.05) is 7.11 Å². The molecule has 0 radical (unpaired) electrons. The van der Waals surface area contributed by atoms with E-state index in [4.69, 9.17) is 9.84 Å². The van der Waals surface area contributed by atoms with Crippen LogP contribution < -0.4 is 0 Å². The fourth-order valence-corrected chi connectivity index (χ4v) is 2.00. The van der Waals surface area contributed by atoms with Gasteiger partial charge in [-0.3, -0.25) is 4.79 Å². The van der Waals surface area contributed by atoms with E-state index in [1.54, 1.807) is 6.92 Å². The highest BCUT2D eigenvalue weighted by Gasteiger charge is 2.44. The van der Waals surface area contributed by atoms with Crippen LogP contribution in [0, 0.1) is 15.5 Å². The molecule has 1 saturated carbocycles. The third-order valence-corrected chi connectivity index (χ3v) is 3.09. The zero-order valence-corrected chi connectivity index (χ0v) is 9.21. The lowest BCUT2D eigenvalue weighted by molar-refractivity contribution is -0.771. The first-order valence-corrected chi connectivity index (χ1v) is 4.96. The molecule has 0 unspecified atom stereocenters. The van der Waals surface area contributed by atoms with Crippen LogP contribution in [0.1, 0.15) is 26.2 Å². The second-order valence-corrected chi connectivity index (χ2v) is 4.25. The Morgan fingerprint density at radius 3 is 2.62 bits per heavy atom. The molecule has 0 aromatic carbocycles. The molecule has 1 aliphatic rings. The van der Waals surface area contributed by atoms with Crippen molar-refractivity contribution in [3.63, 3.8) is 0 Å². The zero-order valence-electron chi connectivity index (χ0n) is 9.21. The Morgan fingerprint density at radius 2 is 2.19 bits per heavy atom. The Kier molecular flexibility index (Phi) is 3.69. The average molecular weight is 233 g/mol.